The summed E-state index contributed by atoms with van der Waals surface area (Å²) in [5.74, 6) is -1.61. The quantitative estimate of drug-likeness (QED) is 0.778. The molecule has 0 aliphatic heterocycles. The molecule has 1 aromatic heterocycles. The molecule has 1 aromatic carbocycles. The molecule has 0 spiro atoms. The van der Waals surface area contributed by atoms with Crippen LogP contribution in [0, 0.1) is 12.7 Å². The Morgan fingerprint density at radius 1 is 1.19 bits per heavy atom. The molecule has 0 aliphatic carbocycles. The second-order valence-corrected chi connectivity index (χ2v) is 6.93. The second-order valence-electron chi connectivity index (χ2n) is 6.93. The van der Waals surface area contributed by atoms with Crippen LogP contribution in [0.15, 0.2) is 36.5 Å². The first-order chi connectivity index (χ1) is 12.3. The van der Waals surface area contributed by atoms with E-state index < -0.39 is 23.5 Å². The van der Waals surface area contributed by atoms with E-state index in [4.69, 9.17) is 5.73 Å². The predicted octanol–water partition coefficient (Wildman–Crippen LogP) is 4.22. The zero-order chi connectivity index (χ0) is 20.8. The number of hydrogen-bond donors (Lipinski definition) is 2. The van der Waals surface area contributed by atoms with Crippen LogP contribution in [0.2, 0.25) is 0 Å². The van der Waals surface area contributed by atoms with Crippen molar-refractivity contribution in [2.45, 2.75) is 46.0 Å². The number of hydrogen-bond acceptors (Lipinski definition) is 3. The van der Waals surface area contributed by atoms with Gasteiger partial charge in [-0.1, -0.05) is 12.1 Å². The molecule has 27 heavy (non-hydrogen) atoms. The molecule has 148 valence electrons. The Hall–Kier alpha value is -2.48. The molecular formula is C19H23F4N3O. The number of alkyl halides is 3. The van der Waals surface area contributed by atoms with Gasteiger partial charge in [0.2, 0.25) is 5.91 Å². The summed E-state index contributed by atoms with van der Waals surface area (Å²) in [5.41, 5.74) is 4.85. The van der Waals surface area contributed by atoms with Gasteiger partial charge >= 0.3 is 6.18 Å². The Balaban J connectivity index is 0.000000309. The van der Waals surface area contributed by atoms with Crippen molar-refractivity contribution in [2.75, 3.05) is 0 Å². The van der Waals surface area contributed by atoms with Crippen LogP contribution in [0.25, 0.3) is 0 Å². The molecule has 8 heteroatoms. The smallest absolute Gasteiger partial charge is 0.366 e. The average molecular weight is 385 g/mol. The maximum Gasteiger partial charge on any atom is 0.419 e. The van der Waals surface area contributed by atoms with Crippen LogP contribution >= 0.6 is 0 Å². The average Bonchev–Trinajstić information content (AvgIpc) is 2.52. The lowest BCUT2D eigenvalue weighted by Gasteiger charge is -2.21. The number of carbonyl (C=O) groups is 1. The van der Waals surface area contributed by atoms with Gasteiger partial charge in [-0.2, -0.15) is 13.2 Å². The topological polar surface area (TPSA) is 68.0 Å². The molecule has 0 saturated heterocycles. The second kappa shape index (κ2) is 8.94. The number of halogens is 4. The summed E-state index contributed by atoms with van der Waals surface area (Å²) in [4.78, 5) is 14.5. The van der Waals surface area contributed by atoms with Gasteiger partial charge in [0, 0.05) is 35.1 Å². The highest BCUT2D eigenvalue weighted by Crippen LogP contribution is 2.32. The van der Waals surface area contributed by atoms with E-state index in [-0.39, 0.29) is 17.6 Å². The Morgan fingerprint density at radius 3 is 2.26 bits per heavy atom. The molecule has 1 heterocycles. The number of nitrogens with zero attached hydrogens (tertiary/aromatic N) is 1. The lowest BCUT2D eigenvalue weighted by molar-refractivity contribution is -0.140. The highest BCUT2D eigenvalue weighted by atomic mass is 19.4. The van der Waals surface area contributed by atoms with Crippen LogP contribution in [0.5, 0.6) is 0 Å². The summed E-state index contributed by atoms with van der Waals surface area (Å²) in [6.07, 6.45) is -3.09. The first kappa shape index (κ1) is 22.6. The third-order valence-electron chi connectivity index (χ3n) is 3.37. The summed E-state index contributed by atoms with van der Waals surface area (Å²) in [5, 5.41) is 2.95. The molecular weight excluding hydrogens is 362 g/mol. The lowest BCUT2D eigenvalue weighted by atomic mass is 10.1. The van der Waals surface area contributed by atoms with Crippen molar-refractivity contribution in [3.05, 3.63) is 64.7 Å². The Labute approximate surface area is 155 Å². The van der Waals surface area contributed by atoms with Crippen molar-refractivity contribution >= 4 is 5.91 Å². The van der Waals surface area contributed by atoms with Crippen molar-refractivity contribution in [3.63, 3.8) is 0 Å². The van der Waals surface area contributed by atoms with Gasteiger partial charge in [0.15, 0.2) is 0 Å². The van der Waals surface area contributed by atoms with E-state index in [1.165, 1.54) is 12.1 Å². The third-order valence-corrected chi connectivity index (χ3v) is 3.37. The van der Waals surface area contributed by atoms with Crippen molar-refractivity contribution in [1.82, 2.24) is 10.3 Å². The normalized spacial score (nSPS) is 11.6. The fourth-order valence-electron chi connectivity index (χ4n) is 1.99. The minimum atomic E-state index is -4.65. The molecule has 4 nitrogen and oxygen atoms in total. The van der Waals surface area contributed by atoms with Crippen LogP contribution in [0.1, 0.15) is 48.0 Å². The molecule has 0 radical (unpaired) electrons. The summed E-state index contributed by atoms with van der Waals surface area (Å²) >= 11 is 0. The molecule has 0 bridgehead atoms. The first-order valence-corrected chi connectivity index (χ1v) is 8.13. The standard InChI is InChI=1S/C12H15F4N.C7H8N2O/c1-11(2,3)17-7-8-5-4-6-9(10(8)13)12(14,15)16;1-5-4-6(7(8)10)2-3-9-5/h4-6,17H,7H2,1-3H3;2-4H,1H3,(H2,8,10). The maximum atomic E-state index is 13.6. The monoisotopic (exact) mass is 385 g/mol. The highest BCUT2D eigenvalue weighted by Gasteiger charge is 2.34. The van der Waals surface area contributed by atoms with E-state index in [1.807, 2.05) is 27.7 Å². The van der Waals surface area contributed by atoms with Crippen molar-refractivity contribution in [1.29, 1.82) is 0 Å². The molecule has 0 saturated carbocycles. The summed E-state index contributed by atoms with van der Waals surface area (Å²) in [6.45, 7) is 7.46. The van der Waals surface area contributed by atoms with Gasteiger partial charge in [0.1, 0.15) is 5.82 Å². The lowest BCUT2D eigenvalue weighted by Crippen LogP contribution is -2.35. The predicted molar refractivity (Wildman–Crippen MR) is 95.5 cm³/mol. The minimum Gasteiger partial charge on any atom is -0.366 e. The molecule has 2 aromatic rings. The van der Waals surface area contributed by atoms with Crippen LogP contribution < -0.4 is 11.1 Å². The third kappa shape index (κ3) is 7.74. The minimum absolute atomic E-state index is 0.0229. The molecule has 3 N–H and O–H groups in total. The van der Waals surface area contributed by atoms with Gasteiger partial charge in [-0.15, -0.1) is 0 Å². The number of carbonyl (C=O) groups excluding carboxylic acids is 1. The van der Waals surface area contributed by atoms with E-state index >= 15 is 0 Å². The Kier molecular flexibility index (Phi) is 7.47. The summed E-state index contributed by atoms with van der Waals surface area (Å²) in [7, 11) is 0. The highest BCUT2D eigenvalue weighted by molar-refractivity contribution is 5.92. The number of aromatic nitrogens is 1. The Morgan fingerprint density at radius 2 is 1.81 bits per heavy atom. The van der Waals surface area contributed by atoms with Crippen molar-refractivity contribution < 1.29 is 22.4 Å². The van der Waals surface area contributed by atoms with Crippen LogP contribution in [0.4, 0.5) is 17.6 Å². The van der Waals surface area contributed by atoms with Gasteiger partial charge < -0.3 is 11.1 Å². The number of amides is 1. The van der Waals surface area contributed by atoms with Crippen LogP contribution in [-0.2, 0) is 12.7 Å². The fourth-order valence-corrected chi connectivity index (χ4v) is 1.99. The van der Waals surface area contributed by atoms with E-state index in [9.17, 15) is 22.4 Å². The van der Waals surface area contributed by atoms with E-state index in [2.05, 4.69) is 10.3 Å². The number of nitrogens with two attached hydrogens (primary N) is 1. The van der Waals surface area contributed by atoms with Gasteiger partial charge in [-0.3, -0.25) is 9.78 Å². The zero-order valence-electron chi connectivity index (χ0n) is 15.6. The van der Waals surface area contributed by atoms with E-state index in [0.29, 0.717) is 5.56 Å². The number of primary amides is 1. The SMILES string of the molecule is CC(C)(C)NCc1cccc(C(F)(F)F)c1F.Cc1cc(C(N)=O)ccn1. The largest absolute Gasteiger partial charge is 0.419 e. The molecule has 0 atom stereocenters. The van der Waals surface area contributed by atoms with Gasteiger partial charge in [-0.05, 0) is 45.9 Å². The fraction of sp³-hybridized carbons (Fsp3) is 0.368. The number of aryl methyl sites for hydroxylation is 1. The molecule has 0 fully saturated rings. The number of pyridine rings is 1. The Bertz CT molecular complexity index is 783. The van der Waals surface area contributed by atoms with E-state index in [0.717, 1.165) is 11.8 Å². The maximum absolute atomic E-state index is 13.6. The zero-order valence-corrected chi connectivity index (χ0v) is 15.6. The molecule has 2 rings (SSSR count). The van der Waals surface area contributed by atoms with Gasteiger partial charge in [0.25, 0.3) is 0 Å². The molecule has 0 unspecified atom stereocenters. The number of rotatable bonds is 3. The molecule has 0 aliphatic rings. The number of nitrogens with one attached hydrogen (secondary N) is 1. The molecule has 1 amide bonds. The van der Waals surface area contributed by atoms with E-state index in [1.54, 1.807) is 18.3 Å². The first-order valence-electron chi connectivity index (χ1n) is 8.13. The van der Waals surface area contributed by atoms with Crippen molar-refractivity contribution in [2.24, 2.45) is 5.73 Å². The number of benzene rings is 1. The van der Waals surface area contributed by atoms with Crippen LogP contribution in [-0.4, -0.2) is 16.4 Å². The van der Waals surface area contributed by atoms with Crippen LogP contribution in [0.3, 0.4) is 0 Å². The van der Waals surface area contributed by atoms with Gasteiger partial charge in [0.05, 0.1) is 5.56 Å². The summed E-state index contributed by atoms with van der Waals surface area (Å²) in [6, 6.07) is 6.56. The summed E-state index contributed by atoms with van der Waals surface area (Å²) < 4.78 is 50.9. The van der Waals surface area contributed by atoms with Crippen molar-refractivity contribution in [3.8, 4) is 0 Å². The van der Waals surface area contributed by atoms with Gasteiger partial charge in [-0.25, -0.2) is 4.39 Å².